The van der Waals surface area contributed by atoms with E-state index in [2.05, 4.69) is 19.6 Å². The van der Waals surface area contributed by atoms with Crippen molar-refractivity contribution in [2.45, 2.75) is 31.7 Å². The van der Waals surface area contributed by atoms with Gasteiger partial charge >= 0.3 is 0 Å². The SMILES string of the molecule is C[Si](C)(C)OC1(CN)CCOC1. The van der Waals surface area contributed by atoms with Gasteiger partial charge in [0.2, 0.25) is 0 Å². The van der Waals surface area contributed by atoms with Gasteiger partial charge in [-0.1, -0.05) is 0 Å². The van der Waals surface area contributed by atoms with Gasteiger partial charge in [0.05, 0.1) is 12.2 Å². The summed E-state index contributed by atoms with van der Waals surface area (Å²) in [7, 11) is -1.48. The van der Waals surface area contributed by atoms with Crippen molar-refractivity contribution < 1.29 is 9.16 Å². The van der Waals surface area contributed by atoms with Crippen molar-refractivity contribution in [3.05, 3.63) is 0 Å². The van der Waals surface area contributed by atoms with Crippen molar-refractivity contribution in [2.75, 3.05) is 19.8 Å². The number of hydrogen-bond donors (Lipinski definition) is 1. The summed E-state index contributed by atoms with van der Waals surface area (Å²) >= 11 is 0. The standard InChI is InChI=1S/C8H19NO2Si/c1-12(2,3)11-8(6-9)4-5-10-7-8/h4-7,9H2,1-3H3. The molecule has 0 bridgehead atoms. The largest absolute Gasteiger partial charge is 0.408 e. The summed E-state index contributed by atoms with van der Waals surface area (Å²) in [5.74, 6) is 0. The average molecular weight is 189 g/mol. The molecule has 3 nitrogen and oxygen atoms in total. The Morgan fingerprint density at radius 2 is 2.17 bits per heavy atom. The van der Waals surface area contributed by atoms with Crippen molar-refractivity contribution in [1.82, 2.24) is 0 Å². The Morgan fingerprint density at radius 1 is 1.50 bits per heavy atom. The van der Waals surface area contributed by atoms with Crippen LogP contribution in [0.25, 0.3) is 0 Å². The normalized spacial score (nSPS) is 31.0. The summed E-state index contributed by atoms with van der Waals surface area (Å²) in [6.07, 6.45) is 0.952. The summed E-state index contributed by atoms with van der Waals surface area (Å²) in [5, 5.41) is 0. The van der Waals surface area contributed by atoms with Gasteiger partial charge in [-0.05, 0) is 19.6 Å². The molecule has 0 amide bonds. The smallest absolute Gasteiger partial charge is 0.184 e. The second kappa shape index (κ2) is 3.45. The molecule has 1 saturated heterocycles. The lowest BCUT2D eigenvalue weighted by molar-refractivity contribution is 0.0511. The summed E-state index contributed by atoms with van der Waals surface area (Å²) < 4.78 is 11.3. The van der Waals surface area contributed by atoms with E-state index in [4.69, 9.17) is 14.9 Å². The molecular weight excluding hydrogens is 170 g/mol. The van der Waals surface area contributed by atoms with Crippen LogP contribution in [0.1, 0.15) is 6.42 Å². The second-order valence-corrected chi connectivity index (χ2v) is 8.83. The molecule has 1 aliphatic heterocycles. The van der Waals surface area contributed by atoms with Crippen LogP contribution in [0.15, 0.2) is 0 Å². The highest BCUT2D eigenvalue weighted by Gasteiger charge is 2.38. The van der Waals surface area contributed by atoms with E-state index in [0.29, 0.717) is 13.2 Å². The minimum atomic E-state index is -1.48. The molecular formula is C8H19NO2Si. The molecule has 0 saturated carbocycles. The van der Waals surface area contributed by atoms with Crippen LogP contribution >= 0.6 is 0 Å². The van der Waals surface area contributed by atoms with E-state index in [0.717, 1.165) is 13.0 Å². The molecule has 0 aliphatic carbocycles. The first-order valence-corrected chi connectivity index (χ1v) is 7.86. The molecule has 1 aliphatic rings. The molecule has 72 valence electrons. The predicted molar refractivity (Wildman–Crippen MR) is 51.7 cm³/mol. The van der Waals surface area contributed by atoms with E-state index in [1.807, 2.05) is 0 Å². The molecule has 2 N–H and O–H groups in total. The molecule has 1 unspecified atom stereocenters. The van der Waals surface area contributed by atoms with E-state index in [9.17, 15) is 0 Å². The zero-order valence-corrected chi connectivity index (χ0v) is 9.22. The summed E-state index contributed by atoms with van der Waals surface area (Å²) in [5.41, 5.74) is 5.53. The third-order valence-corrected chi connectivity index (χ3v) is 3.01. The first kappa shape index (κ1) is 10.2. The van der Waals surface area contributed by atoms with Crippen LogP contribution in [0.2, 0.25) is 19.6 Å². The predicted octanol–water partition coefficient (Wildman–Crippen LogP) is 0.956. The van der Waals surface area contributed by atoms with E-state index >= 15 is 0 Å². The molecule has 12 heavy (non-hydrogen) atoms. The zero-order valence-electron chi connectivity index (χ0n) is 8.22. The van der Waals surface area contributed by atoms with Crippen molar-refractivity contribution in [3.63, 3.8) is 0 Å². The highest BCUT2D eigenvalue weighted by Crippen LogP contribution is 2.25. The van der Waals surface area contributed by atoms with E-state index in [1.54, 1.807) is 0 Å². The quantitative estimate of drug-likeness (QED) is 0.672. The van der Waals surface area contributed by atoms with E-state index < -0.39 is 8.32 Å². The van der Waals surface area contributed by atoms with E-state index in [-0.39, 0.29) is 5.60 Å². The lowest BCUT2D eigenvalue weighted by atomic mass is 10.1. The monoisotopic (exact) mass is 189 g/mol. The van der Waals surface area contributed by atoms with Crippen LogP contribution in [0.4, 0.5) is 0 Å². The first-order chi connectivity index (χ1) is 5.47. The Hall–Kier alpha value is 0.0969. The lowest BCUT2D eigenvalue weighted by Crippen LogP contribution is -2.48. The van der Waals surface area contributed by atoms with Gasteiger partial charge in [0, 0.05) is 19.6 Å². The van der Waals surface area contributed by atoms with E-state index in [1.165, 1.54) is 0 Å². The van der Waals surface area contributed by atoms with Gasteiger partial charge in [-0.25, -0.2) is 0 Å². The fourth-order valence-electron chi connectivity index (χ4n) is 1.52. The number of hydrogen-bond acceptors (Lipinski definition) is 3. The minimum absolute atomic E-state index is 0.162. The number of rotatable bonds is 3. The Kier molecular flexibility index (Phi) is 2.93. The topological polar surface area (TPSA) is 44.5 Å². The highest BCUT2D eigenvalue weighted by atomic mass is 28.4. The lowest BCUT2D eigenvalue weighted by Gasteiger charge is -2.33. The van der Waals surface area contributed by atoms with Gasteiger partial charge in [0.15, 0.2) is 8.32 Å². The van der Waals surface area contributed by atoms with Gasteiger partial charge in [-0.15, -0.1) is 0 Å². The zero-order chi connectivity index (χ0) is 9.24. The second-order valence-electron chi connectivity index (χ2n) is 4.40. The molecule has 0 radical (unpaired) electrons. The third-order valence-electron chi connectivity index (χ3n) is 1.96. The molecule has 0 spiro atoms. The fourth-order valence-corrected chi connectivity index (χ4v) is 3.06. The Balaban J connectivity index is 2.55. The number of nitrogens with two attached hydrogens (primary N) is 1. The summed E-state index contributed by atoms with van der Waals surface area (Å²) in [6.45, 7) is 8.60. The molecule has 0 aromatic carbocycles. The molecule has 1 atom stereocenters. The molecule has 0 aromatic heterocycles. The summed E-state index contributed by atoms with van der Waals surface area (Å²) in [4.78, 5) is 0. The van der Waals surface area contributed by atoms with Crippen LogP contribution in [-0.2, 0) is 9.16 Å². The summed E-state index contributed by atoms with van der Waals surface area (Å²) in [6, 6.07) is 0. The van der Waals surface area contributed by atoms with Crippen LogP contribution in [0.5, 0.6) is 0 Å². The number of ether oxygens (including phenoxy) is 1. The molecule has 1 heterocycles. The van der Waals surface area contributed by atoms with Crippen molar-refractivity contribution in [1.29, 1.82) is 0 Å². The van der Waals surface area contributed by atoms with Gasteiger partial charge in [0.1, 0.15) is 0 Å². The maximum Gasteiger partial charge on any atom is 0.184 e. The minimum Gasteiger partial charge on any atom is -0.408 e. The van der Waals surface area contributed by atoms with Crippen LogP contribution in [0, 0.1) is 0 Å². The Labute approximate surface area is 75.4 Å². The molecule has 4 heteroatoms. The van der Waals surface area contributed by atoms with Crippen LogP contribution in [-0.4, -0.2) is 33.7 Å². The Bertz CT molecular complexity index is 150. The highest BCUT2D eigenvalue weighted by molar-refractivity contribution is 6.69. The first-order valence-electron chi connectivity index (χ1n) is 4.45. The van der Waals surface area contributed by atoms with Crippen LogP contribution < -0.4 is 5.73 Å². The molecule has 1 rings (SSSR count). The van der Waals surface area contributed by atoms with Gasteiger partial charge in [-0.2, -0.15) is 0 Å². The molecule has 0 aromatic rings. The maximum atomic E-state index is 6.02. The van der Waals surface area contributed by atoms with Crippen molar-refractivity contribution in [2.24, 2.45) is 5.73 Å². The van der Waals surface area contributed by atoms with Crippen molar-refractivity contribution in [3.8, 4) is 0 Å². The average Bonchev–Trinajstić information content (AvgIpc) is 2.34. The fraction of sp³-hybridized carbons (Fsp3) is 1.00. The van der Waals surface area contributed by atoms with Crippen LogP contribution in [0.3, 0.4) is 0 Å². The van der Waals surface area contributed by atoms with Gasteiger partial charge in [0.25, 0.3) is 0 Å². The molecule has 1 fully saturated rings. The maximum absolute atomic E-state index is 6.02. The Morgan fingerprint density at radius 3 is 2.50 bits per heavy atom. The van der Waals surface area contributed by atoms with Crippen molar-refractivity contribution >= 4 is 8.32 Å². The third kappa shape index (κ3) is 2.55. The van der Waals surface area contributed by atoms with Gasteiger partial charge in [-0.3, -0.25) is 0 Å². The van der Waals surface area contributed by atoms with Gasteiger partial charge < -0.3 is 14.9 Å².